The lowest BCUT2D eigenvalue weighted by Gasteiger charge is -2.25. The van der Waals surface area contributed by atoms with Crippen LogP contribution in [0.25, 0.3) is 0 Å². The highest BCUT2D eigenvalue weighted by atomic mass is 35.5. The van der Waals surface area contributed by atoms with E-state index in [1.165, 1.54) is 31.7 Å². The molecule has 2 N–H and O–H groups in total. The molecule has 0 aliphatic heterocycles. The largest absolute Gasteiger partial charge is 0.324 e. The first-order chi connectivity index (χ1) is 8.65. The molecule has 2 aliphatic carbocycles. The lowest BCUT2D eigenvalue weighted by atomic mass is 9.83. The summed E-state index contributed by atoms with van der Waals surface area (Å²) in [6.07, 6.45) is 6.40. The van der Waals surface area contributed by atoms with Gasteiger partial charge >= 0.3 is 0 Å². The average molecular weight is 268 g/mol. The number of hydrogen-bond acceptors (Lipinski definition) is 1. The van der Waals surface area contributed by atoms with Gasteiger partial charge in [-0.2, -0.15) is 0 Å². The summed E-state index contributed by atoms with van der Waals surface area (Å²) in [7, 11) is 0. The van der Waals surface area contributed by atoms with Crippen molar-refractivity contribution in [3.05, 3.63) is 34.6 Å². The van der Waals surface area contributed by atoms with Crippen molar-refractivity contribution in [3.8, 4) is 0 Å². The van der Waals surface area contributed by atoms with Gasteiger partial charge in [-0.25, -0.2) is 4.39 Å². The van der Waals surface area contributed by atoms with E-state index in [4.69, 9.17) is 17.3 Å². The maximum atomic E-state index is 13.4. The van der Waals surface area contributed by atoms with Crippen molar-refractivity contribution in [3.63, 3.8) is 0 Å². The van der Waals surface area contributed by atoms with E-state index in [0.29, 0.717) is 0 Å². The molecule has 1 aromatic rings. The van der Waals surface area contributed by atoms with Crippen molar-refractivity contribution in [2.24, 2.45) is 23.5 Å². The maximum Gasteiger partial charge on any atom is 0.142 e. The summed E-state index contributed by atoms with van der Waals surface area (Å²) < 4.78 is 13.4. The van der Waals surface area contributed by atoms with Crippen molar-refractivity contribution < 1.29 is 4.39 Å². The molecule has 3 rings (SSSR count). The van der Waals surface area contributed by atoms with Crippen LogP contribution in [0.1, 0.15) is 43.7 Å². The van der Waals surface area contributed by atoms with E-state index >= 15 is 0 Å². The second kappa shape index (κ2) is 4.82. The minimum Gasteiger partial charge on any atom is -0.324 e. The van der Waals surface area contributed by atoms with Gasteiger partial charge in [-0.1, -0.05) is 30.2 Å². The van der Waals surface area contributed by atoms with Gasteiger partial charge in [-0.05, 0) is 55.1 Å². The van der Waals surface area contributed by atoms with Crippen LogP contribution in [0.5, 0.6) is 0 Å². The molecule has 18 heavy (non-hydrogen) atoms. The predicted octanol–water partition coefficient (Wildman–Crippen LogP) is 4.31. The molecule has 98 valence electrons. The molecule has 0 radical (unpaired) electrons. The predicted molar refractivity (Wildman–Crippen MR) is 71.9 cm³/mol. The summed E-state index contributed by atoms with van der Waals surface area (Å²) >= 11 is 6.00. The Kier molecular flexibility index (Phi) is 3.33. The van der Waals surface area contributed by atoms with Crippen molar-refractivity contribution in [1.29, 1.82) is 0 Å². The minimum absolute atomic E-state index is 0.127. The fraction of sp³-hybridized carbons (Fsp3) is 0.600. The van der Waals surface area contributed by atoms with E-state index in [1.54, 1.807) is 6.07 Å². The lowest BCUT2D eigenvalue weighted by Crippen LogP contribution is -2.20. The third-order valence-corrected chi connectivity index (χ3v) is 5.22. The molecule has 2 aliphatic rings. The number of rotatable bonds is 3. The molecule has 0 aromatic heterocycles. The molecular formula is C15H19ClFN. The Balaban J connectivity index is 1.71. The summed E-state index contributed by atoms with van der Waals surface area (Å²) in [6.45, 7) is 0. The van der Waals surface area contributed by atoms with Crippen LogP contribution in [-0.2, 0) is 0 Å². The quantitative estimate of drug-likeness (QED) is 0.868. The third kappa shape index (κ3) is 2.17. The topological polar surface area (TPSA) is 26.0 Å². The monoisotopic (exact) mass is 267 g/mol. The van der Waals surface area contributed by atoms with Gasteiger partial charge in [0.2, 0.25) is 0 Å². The summed E-state index contributed by atoms with van der Waals surface area (Å²) in [4.78, 5) is 0. The Hall–Kier alpha value is -0.600. The van der Waals surface area contributed by atoms with Gasteiger partial charge in [0, 0.05) is 6.04 Å². The molecule has 4 unspecified atom stereocenters. The van der Waals surface area contributed by atoms with Crippen LogP contribution in [0.15, 0.2) is 18.2 Å². The first-order valence-electron chi connectivity index (χ1n) is 6.84. The van der Waals surface area contributed by atoms with Gasteiger partial charge in [0.15, 0.2) is 0 Å². The van der Waals surface area contributed by atoms with Gasteiger partial charge in [-0.15, -0.1) is 0 Å². The number of fused-ring (bicyclic) bond motifs is 2. The van der Waals surface area contributed by atoms with Crippen molar-refractivity contribution in [1.82, 2.24) is 0 Å². The van der Waals surface area contributed by atoms with E-state index in [1.807, 2.05) is 6.07 Å². The zero-order chi connectivity index (χ0) is 12.7. The SMILES string of the molecule is NC(CC1CC2CCC1C2)c1cccc(F)c1Cl. The molecule has 0 saturated heterocycles. The van der Waals surface area contributed by atoms with Crippen LogP contribution in [0.2, 0.25) is 5.02 Å². The van der Waals surface area contributed by atoms with Crippen molar-refractivity contribution in [2.75, 3.05) is 0 Å². The first-order valence-corrected chi connectivity index (χ1v) is 7.22. The maximum absolute atomic E-state index is 13.4. The number of hydrogen-bond donors (Lipinski definition) is 1. The molecule has 3 heteroatoms. The smallest absolute Gasteiger partial charge is 0.142 e. The fourth-order valence-electron chi connectivity index (χ4n) is 3.93. The van der Waals surface area contributed by atoms with Crippen LogP contribution >= 0.6 is 11.6 Å². The highest BCUT2D eigenvalue weighted by Crippen LogP contribution is 2.50. The summed E-state index contributed by atoms with van der Waals surface area (Å²) in [6, 6.07) is 4.80. The Labute approximate surface area is 113 Å². The Bertz CT molecular complexity index is 448. The van der Waals surface area contributed by atoms with E-state index in [9.17, 15) is 4.39 Å². The molecule has 4 atom stereocenters. The molecule has 0 amide bonds. The third-order valence-electron chi connectivity index (χ3n) is 4.82. The molecule has 2 fully saturated rings. The summed E-state index contributed by atoms with van der Waals surface area (Å²) in [5.74, 6) is 2.14. The molecule has 2 saturated carbocycles. The average Bonchev–Trinajstić information content (AvgIpc) is 2.94. The van der Waals surface area contributed by atoms with E-state index in [0.717, 1.165) is 29.7 Å². The first kappa shape index (κ1) is 12.4. The van der Waals surface area contributed by atoms with E-state index in [2.05, 4.69) is 0 Å². The molecular weight excluding hydrogens is 249 g/mol. The molecule has 0 heterocycles. The second-order valence-electron chi connectivity index (χ2n) is 5.92. The van der Waals surface area contributed by atoms with Crippen LogP contribution in [0.3, 0.4) is 0 Å². The summed E-state index contributed by atoms with van der Waals surface area (Å²) in [5.41, 5.74) is 6.99. The van der Waals surface area contributed by atoms with Crippen LogP contribution in [0, 0.1) is 23.6 Å². The van der Waals surface area contributed by atoms with E-state index < -0.39 is 0 Å². The van der Waals surface area contributed by atoms with Crippen LogP contribution < -0.4 is 5.73 Å². The molecule has 0 spiro atoms. The number of halogens is 2. The minimum atomic E-state index is -0.363. The molecule has 1 aromatic carbocycles. The Morgan fingerprint density at radius 2 is 2.17 bits per heavy atom. The number of benzene rings is 1. The Morgan fingerprint density at radius 3 is 2.83 bits per heavy atom. The molecule has 2 bridgehead atoms. The van der Waals surface area contributed by atoms with Crippen molar-refractivity contribution >= 4 is 11.6 Å². The fourth-order valence-corrected chi connectivity index (χ4v) is 4.19. The van der Waals surface area contributed by atoms with Gasteiger partial charge in [0.25, 0.3) is 0 Å². The van der Waals surface area contributed by atoms with Crippen LogP contribution in [-0.4, -0.2) is 0 Å². The zero-order valence-electron chi connectivity index (χ0n) is 10.4. The van der Waals surface area contributed by atoms with Gasteiger partial charge in [0.05, 0.1) is 5.02 Å². The van der Waals surface area contributed by atoms with Gasteiger partial charge in [-0.3, -0.25) is 0 Å². The van der Waals surface area contributed by atoms with Crippen LogP contribution in [0.4, 0.5) is 4.39 Å². The highest BCUT2D eigenvalue weighted by Gasteiger charge is 2.40. The second-order valence-corrected chi connectivity index (χ2v) is 6.30. The normalized spacial score (nSPS) is 31.8. The van der Waals surface area contributed by atoms with Gasteiger partial charge in [0.1, 0.15) is 5.82 Å². The number of nitrogens with two attached hydrogens (primary N) is 1. The standard InChI is InChI=1S/C15H19ClFN/c16-15-12(2-1-3-13(15)17)14(18)8-11-7-9-4-5-10(11)6-9/h1-3,9-11,14H,4-8,18H2. The molecule has 1 nitrogen and oxygen atoms in total. The Morgan fingerprint density at radius 1 is 1.33 bits per heavy atom. The van der Waals surface area contributed by atoms with E-state index in [-0.39, 0.29) is 16.9 Å². The van der Waals surface area contributed by atoms with Crippen molar-refractivity contribution in [2.45, 2.75) is 38.1 Å². The lowest BCUT2D eigenvalue weighted by molar-refractivity contribution is 0.296. The zero-order valence-corrected chi connectivity index (χ0v) is 11.2. The van der Waals surface area contributed by atoms with Gasteiger partial charge < -0.3 is 5.73 Å². The highest BCUT2D eigenvalue weighted by molar-refractivity contribution is 6.31. The summed E-state index contributed by atoms with van der Waals surface area (Å²) in [5, 5.41) is 0.202.